The van der Waals surface area contributed by atoms with Gasteiger partial charge in [0, 0.05) is 11.1 Å². The fourth-order valence-corrected chi connectivity index (χ4v) is 3.65. The molecule has 0 radical (unpaired) electrons. The van der Waals surface area contributed by atoms with E-state index in [-0.39, 0.29) is 33.8 Å². The van der Waals surface area contributed by atoms with Gasteiger partial charge in [-0.1, -0.05) is 84.9 Å². The van der Waals surface area contributed by atoms with Crippen molar-refractivity contribution in [3.8, 4) is 11.5 Å². The number of aliphatic carboxylic acids is 2. The first-order valence-electron chi connectivity index (χ1n) is 10.7. The van der Waals surface area contributed by atoms with E-state index < -0.39 is 23.1 Å². The molecule has 0 aliphatic carbocycles. The number of aliphatic hydroxyl groups is 2. The predicted octanol–water partition coefficient (Wildman–Crippen LogP) is 3.43. The minimum Gasteiger partial charge on any atom is -0.508 e. The molecule has 0 fully saturated rings. The third-order valence-electron chi connectivity index (χ3n) is 5.53. The normalized spacial score (nSPS) is 13.8. The molecule has 0 spiro atoms. The van der Waals surface area contributed by atoms with Gasteiger partial charge in [-0.05, 0) is 35.4 Å². The number of carboxylic acid groups (broad SMARTS) is 2. The Balaban J connectivity index is 0.000000201. The molecule has 2 atom stereocenters. The van der Waals surface area contributed by atoms with Crippen LogP contribution in [0.4, 0.5) is 0 Å². The largest absolute Gasteiger partial charge is 0.508 e. The first-order chi connectivity index (χ1) is 17.1. The standard InChI is InChI=1S/2C14H12O4/c2*15-12-8-4-7-11(9-12)14(18,13(16)17)10-5-2-1-3-6-10/h2*1-9,15,18H,(H,16,17)/t2*14-/m10/s1. The van der Waals surface area contributed by atoms with Gasteiger partial charge in [0.1, 0.15) is 11.5 Å². The zero-order valence-corrected chi connectivity index (χ0v) is 18.9. The van der Waals surface area contributed by atoms with Crippen LogP contribution in [0.25, 0.3) is 0 Å². The van der Waals surface area contributed by atoms with Gasteiger partial charge in [-0.3, -0.25) is 0 Å². The van der Waals surface area contributed by atoms with E-state index in [1.807, 2.05) is 0 Å². The molecule has 0 amide bonds. The molecule has 0 saturated carbocycles. The van der Waals surface area contributed by atoms with E-state index in [0.29, 0.717) is 0 Å². The molecule has 0 aromatic heterocycles. The molecule has 8 heteroatoms. The lowest BCUT2D eigenvalue weighted by atomic mass is 9.86. The average molecular weight is 488 g/mol. The van der Waals surface area contributed by atoms with E-state index in [9.17, 15) is 40.2 Å². The van der Waals surface area contributed by atoms with Gasteiger partial charge in [0.2, 0.25) is 11.2 Å². The Bertz CT molecular complexity index is 1240. The molecule has 4 aromatic rings. The van der Waals surface area contributed by atoms with Crippen molar-refractivity contribution in [1.82, 2.24) is 0 Å². The van der Waals surface area contributed by atoms with E-state index in [2.05, 4.69) is 0 Å². The van der Waals surface area contributed by atoms with Crippen LogP contribution in [-0.4, -0.2) is 42.6 Å². The number of carbonyl (C=O) groups is 2. The van der Waals surface area contributed by atoms with E-state index in [1.165, 1.54) is 72.8 Å². The van der Waals surface area contributed by atoms with Gasteiger partial charge >= 0.3 is 11.9 Å². The van der Waals surface area contributed by atoms with Crippen LogP contribution in [-0.2, 0) is 20.8 Å². The lowest BCUT2D eigenvalue weighted by Gasteiger charge is -2.24. The molecule has 0 heterocycles. The van der Waals surface area contributed by atoms with E-state index in [4.69, 9.17) is 0 Å². The van der Waals surface area contributed by atoms with Crippen LogP contribution in [0.15, 0.2) is 109 Å². The number of hydrogen-bond acceptors (Lipinski definition) is 6. The van der Waals surface area contributed by atoms with Crippen LogP contribution in [0.2, 0.25) is 0 Å². The molecular formula is C28H24O8. The number of hydrogen-bond donors (Lipinski definition) is 6. The quantitative estimate of drug-likeness (QED) is 0.241. The first kappa shape index (κ1) is 26.0. The summed E-state index contributed by atoms with van der Waals surface area (Å²) < 4.78 is 0. The number of carboxylic acids is 2. The average Bonchev–Trinajstić information content (AvgIpc) is 2.89. The highest BCUT2D eigenvalue weighted by Crippen LogP contribution is 2.32. The summed E-state index contributed by atoms with van der Waals surface area (Å²) in [6, 6.07) is 27.3. The number of aromatic hydroxyl groups is 2. The Morgan fingerprint density at radius 1 is 0.472 bits per heavy atom. The number of phenols is 2. The molecule has 6 N–H and O–H groups in total. The van der Waals surface area contributed by atoms with Crippen LogP contribution in [0.1, 0.15) is 22.3 Å². The molecule has 4 rings (SSSR count). The van der Waals surface area contributed by atoms with Crippen molar-refractivity contribution in [2.45, 2.75) is 11.2 Å². The molecular weight excluding hydrogens is 464 g/mol. The summed E-state index contributed by atoms with van der Waals surface area (Å²) in [5, 5.41) is 58.3. The molecule has 0 saturated heterocycles. The van der Waals surface area contributed by atoms with Gasteiger partial charge in [0.05, 0.1) is 0 Å². The van der Waals surface area contributed by atoms with Crippen molar-refractivity contribution in [1.29, 1.82) is 0 Å². The first-order valence-corrected chi connectivity index (χ1v) is 10.7. The Kier molecular flexibility index (Phi) is 7.73. The van der Waals surface area contributed by atoms with Crippen LogP contribution < -0.4 is 0 Å². The van der Waals surface area contributed by atoms with Crippen molar-refractivity contribution in [2.24, 2.45) is 0 Å². The van der Waals surface area contributed by atoms with Gasteiger partial charge in [-0.15, -0.1) is 0 Å². The summed E-state index contributed by atoms with van der Waals surface area (Å²) in [6.07, 6.45) is 0. The summed E-state index contributed by atoms with van der Waals surface area (Å²) in [4.78, 5) is 22.8. The fraction of sp³-hybridized carbons (Fsp3) is 0.0714. The fourth-order valence-electron chi connectivity index (χ4n) is 3.65. The van der Waals surface area contributed by atoms with Crippen molar-refractivity contribution < 1.29 is 40.2 Å². The van der Waals surface area contributed by atoms with Crippen molar-refractivity contribution in [3.63, 3.8) is 0 Å². The van der Waals surface area contributed by atoms with Gasteiger partial charge in [0.25, 0.3) is 0 Å². The van der Waals surface area contributed by atoms with Gasteiger partial charge in [-0.25, -0.2) is 9.59 Å². The number of rotatable bonds is 6. The number of benzene rings is 4. The molecule has 184 valence electrons. The van der Waals surface area contributed by atoms with Crippen molar-refractivity contribution in [2.75, 3.05) is 0 Å². The van der Waals surface area contributed by atoms with E-state index >= 15 is 0 Å². The predicted molar refractivity (Wildman–Crippen MR) is 130 cm³/mol. The van der Waals surface area contributed by atoms with Crippen molar-refractivity contribution >= 4 is 11.9 Å². The third-order valence-corrected chi connectivity index (χ3v) is 5.53. The van der Waals surface area contributed by atoms with Crippen molar-refractivity contribution in [3.05, 3.63) is 131 Å². The SMILES string of the molecule is O=C(O)[C@@](O)(c1ccccc1)c1cccc(O)c1.O=C(O)[C@](O)(c1ccccc1)c1cccc(O)c1. The second-order valence-corrected chi connectivity index (χ2v) is 7.86. The Labute approximate surface area is 206 Å². The smallest absolute Gasteiger partial charge is 0.345 e. The maximum atomic E-state index is 11.4. The lowest BCUT2D eigenvalue weighted by Crippen LogP contribution is -2.36. The molecule has 0 aliphatic heterocycles. The maximum absolute atomic E-state index is 11.4. The third kappa shape index (κ3) is 5.20. The van der Waals surface area contributed by atoms with Crippen LogP contribution >= 0.6 is 0 Å². The molecule has 4 aromatic carbocycles. The second-order valence-electron chi connectivity index (χ2n) is 7.86. The molecule has 0 unspecified atom stereocenters. The summed E-state index contributed by atoms with van der Waals surface area (Å²) in [5.41, 5.74) is -3.63. The molecule has 36 heavy (non-hydrogen) atoms. The highest BCUT2D eigenvalue weighted by Gasteiger charge is 2.41. The zero-order valence-electron chi connectivity index (χ0n) is 18.9. The minimum atomic E-state index is -2.17. The highest BCUT2D eigenvalue weighted by molar-refractivity contribution is 5.84. The maximum Gasteiger partial charge on any atom is 0.345 e. The topological polar surface area (TPSA) is 156 Å². The lowest BCUT2D eigenvalue weighted by molar-refractivity contribution is -0.155. The van der Waals surface area contributed by atoms with Crippen LogP contribution in [0, 0.1) is 0 Å². The summed E-state index contributed by atoms with van der Waals surface area (Å²) >= 11 is 0. The van der Waals surface area contributed by atoms with E-state index in [0.717, 1.165) is 0 Å². The summed E-state index contributed by atoms with van der Waals surface area (Å²) in [7, 11) is 0. The summed E-state index contributed by atoms with van der Waals surface area (Å²) in [5.74, 6) is -2.97. The molecule has 8 nitrogen and oxygen atoms in total. The van der Waals surface area contributed by atoms with Gasteiger partial charge in [-0.2, -0.15) is 0 Å². The minimum absolute atomic E-state index is 0.0943. The van der Waals surface area contributed by atoms with Gasteiger partial charge < -0.3 is 30.6 Å². The van der Waals surface area contributed by atoms with E-state index in [1.54, 1.807) is 36.4 Å². The molecule has 0 aliphatic rings. The van der Waals surface area contributed by atoms with Gasteiger partial charge in [0.15, 0.2) is 0 Å². The van der Waals surface area contributed by atoms with Crippen LogP contribution in [0.5, 0.6) is 11.5 Å². The Morgan fingerprint density at radius 2 is 0.778 bits per heavy atom. The van der Waals surface area contributed by atoms with Crippen LogP contribution in [0.3, 0.4) is 0 Å². The Morgan fingerprint density at radius 3 is 1.06 bits per heavy atom. The zero-order chi connectivity index (χ0) is 26.3. The highest BCUT2D eigenvalue weighted by atomic mass is 16.4. The Hall–Kier alpha value is -4.66. The summed E-state index contributed by atoms with van der Waals surface area (Å²) in [6.45, 7) is 0. The number of phenolic OH excluding ortho intramolecular Hbond substituents is 2. The monoisotopic (exact) mass is 488 g/mol. The second kappa shape index (κ2) is 10.7. The molecule has 0 bridgehead atoms.